The van der Waals surface area contributed by atoms with E-state index in [4.69, 9.17) is 0 Å². The van der Waals surface area contributed by atoms with E-state index in [0.29, 0.717) is 6.04 Å². The Kier molecular flexibility index (Phi) is 7.28. The first-order valence-corrected chi connectivity index (χ1v) is 7.37. The Morgan fingerprint density at radius 1 is 1.28 bits per heavy atom. The first-order chi connectivity index (χ1) is 8.63. The summed E-state index contributed by atoms with van der Waals surface area (Å²) >= 11 is 0. The lowest BCUT2D eigenvalue weighted by Gasteiger charge is -2.18. The quantitative estimate of drug-likeness (QED) is 0.702. The van der Waals surface area contributed by atoms with Crippen molar-refractivity contribution in [2.24, 2.45) is 5.92 Å². The van der Waals surface area contributed by atoms with Crippen molar-refractivity contribution in [1.82, 2.24) is 15.5 Å². The van der Waals surface area contributed by atoms with Gasteiger partial charge in [-0.2, -0.15) is 0 Å². The molecule has 0 aromatic heterocycles. The molecule has 0 saturated carbocycles. The van der Waals surface area contributed by atoms with Gasteiger partial charge in [-0.1, -0.05) is 20.8 Å². The van der Waals surface area contributed by atoms with Crippen molar-refractivity contribution in [3.63, 3.8) is 0 Å². The zero-order valence-corrected chi connectivity index (χ0v) is 12.2. The highest BCUT2D eigenvalue weighted by Crippen LogP contribution is 2.10. The molecular weight excluding hydrogens is 226 g/mol. The van der Waals surface area contributed by atoms with Crippen LogP contribution in [0.2, 0.25) is 0 Å². The van der Waals surface area contributed by atoms with E-state index < -0.39 is 0 Å². The molecule has 0 aliphatic carbocycles. The molecule has 2 N–H and O–H groups in total. The molecule has 0 aromatic carbocycles. The van der Waals surface area contributed by atoms with Gasteiger partial charge in [-0.15, -0.1) is 0 Å². The summed E-state index contributed by atoms with van der Waals surface area (Å²) in [6, 6.07) is 0.623. The van der Waals surface area contributed by atoms with Gasteiger partial charge < -0.3 is 15.5 Å². The first-order valence-electron chi connectivity index (χ1n) is 7.37. The van der Waals surface area contributed by atoms with Crippen molar-refractivity contribution in [3.05, 3.63) is 0 Å². The molecule has 4 heteroatoms. The standard InChI is InChI=1S/C14H29N3O/c1-4-17-10-5-6-13(7-11-17)15-8-9-16-14(18)12(2)3/h12-13,15H,4-11H2,1-3H3,(H,16,18). The fraction of sp³-hybridized carbons (Fsp3) is 0.929. The van der Waals surface area contributed by atoms with Crippen LogP contribution in [0.25, 0.3) is 0 Å². The summed E-state index contributed by atoms with van der Waals surface area (Å²) < 4.78 is 0. The van der Waals surface area contributed by atoms with Gasteiger partial charge in [0.15, 0.2) is 0 Å². The molecule has 1 amide bonds. The fourth-order valence-corrected chi connectivity index (χ4v) is 2.34. The van der Waals surface area contributed by atoms with Crippen molar-refractivity contribution in [3.8, 4) is 0 Å². The topological polar surface area (TPSA) is 44.4 Å². The van der Waals surface area contributed by atoms with E-state index >= 15 is 0 Å². The normalized spacial score (nSPS) is 21.9. The molecule has 0 aromatic rings. The third-order valence-corrected chi connectivity index (χ3v) is 3.65. The number of rotatable bonds is 6. The molecular formula is C14H29N3O. The Labute approximate surface area is 111 Å². The molecule has 0 radical (unpaired) electrons. The molecule has 1 heterocycles. The van der Waals surface area contributed by atoms with Gasteiger partial charge in [0.2, 0.25) is 5.91 Å². The summed E-state index contributed by atoms with van der Waals surface area (Å²) in [5.74, 6) is 0.232. The van der Waals surface area contributed by atoms with Crippen LogP contribution in [-0.2, 0) is 4.79 Å². The van der Waals surface area contributed by atoms with Crippen LogP contribution in [0.5, 0.6) is 0 Å². The molecule has 1 fully saturated rings. The number of amides is 1. The summed E-state index contributed by atoms with van der Waals surface area (Å²) in [6.45, 7) is 11.3. The minimum absolute atomic E-state index is 0.0843. The van der Waals surface area contributed by atoms with E-state index in [9.17, 15) is 4.79 Å². The second-order valence-electron chi connectivity index (χ2n) is 5.46. The molecule has 1 aliphatic heterocycles. The number of hydrogen-bond donors (Lipinski definition) is 2. The number of nitrogens with one attached hydrogen (secondary N) is 2. The Balaban J connectivity index is 2.10. The van der Waals surface area contributed by atoms with Crippen LogP contribution in [0.4, 0.5) is 0 Å². The van der Waals surface area contributed by atoms with Crippen molar-refractivity contribution in [2.75, 3.05) is 32.7 Å². The maximum Gasteiger partial charge on any atom is 0.222 e. The number of carbonyl (C=O) groups excluding carboxylic acids is 1. The molecule has 1 unspecified atom stereocenters. The predicted octanol–water partition coefficient (Wildman–Crippen LogP) is 1.22. The van der Waals surface area contributed by atoms with E-state index in [1.54, 1.807) is 0 Å². The zero-order valence-electron chi connectivity index (χ0n) is 12.2. The molecule has 0 bridgehead atoms. The van der Waals surface area contributed by atoms with Gasteiger partial charge in [-0.25, -0.2) is 0 Å². The lowest BCUT2D eigenvalue weighted by Crippen LogP contribution is -2.38. The average molecular weight is 255 g/mol. The van der Waals surface area contributed by atoms with E-state index in [-0.39, 0.29) is 11.8 Å². The van der Waals surface area contributed by atoms with Crippen LogP contribution in [0.15, 0.2) is 0 Å². The average Bonchev–Trinajstić information content (AvgIpc) is 2.59. The monoisotopic (exact) mass is 255 g/mol. The summed E-state index contributed by atoms with van der Waals surface area (Å²) in [4.78, 5) is 13.9. The van der Waals surface area contributed by atoms with Crippen LogP contribution in [-0.4, -0.2) is 49.6 Å². The van der Waals surface area contributed by atoms with Crippen molar-refractivity contribution in [1.29, 1.82) is 0 Å². The van der Waals surface area contributed by atoms with Crippen LogP contribution >= 0.6 is 0 Å². The third kappa shape index (κ3) is 5.83. The van der Waals surface area contributed by atoms with Gasteiger partial charge in [0, 0.05) is 25.0 Å². The Morgan fingerprint density at radius 3 is 2.72 bits per heavy atom. The molecule has 4 nitrogen and oxygen atoms in total. The van der Waals surface area contributed by atoms with Crippen molar-refractivity contribution in [2.45, 2.75) is 46.1 Å². The number of hydrogen-bond acceptors (Lipinski definition) is 3. The molecule has 1 atom stereocenters. The summed E-state index contributed by atoms with van der Waals surface area (Å²) in [5.41, 5.74) is 0. The van der Waals surface area contributed by atoms with Crippen molar-refractivity contribution < 1.29 is 4.79 Å². The van der Waals surface area contributed by atoms with Crippen molar-refractivity contribution >= 4 is 5.91 Å². The summed E-state index contributed by atoms with van der Waals surface area (Å²) in [7, 11) is 0. The number of likely N-dealkylation sites (tertiary alicyclic amines) is 1. The lowest BCUT2D eigenvalue weighted by molar-refractivity contribution is -0.123. The van der Waals surface area contributed by atoms with Crippen LogP contribution in [0, 0.1) is 5.92 Å². The van der Waals surface area contributed by atoms with E-state index in [1.807, 2.05) is 13.8 Å². The molecule has 18 heavy (non-hydrogen) atoms. The highest BCUT2D eigenvalue weighted by Gasteiger charge is 2.15. The SMILES string of the molecule is CCN1CCCC(NCCNC(=O)C(C)C)CC1. The van der Waals surface area contributed by atoms with E-state index in [1.165, 1.54) is 32.4 Å². The van der Waals surface area contributed by atoms with Gasteiger partial charge in [-0.05, 0) is 38.9 Å². The van der Waals surface area contributed by atoms with Gasteiger partial charge in [0.05, 0.1) is 0 Å². The number of nitrogens with zero attached hydrogens (tertiary/aromatic N) is 1. The second-order valence-corrected chi connectivity index (χ2v) is 5.46. The highest BCUT2D eigenvalue weighted by molar-refractivity contribution is 5.77. The second kappa shape index (κ2) is 8.48. The van der Waals surface area contributed by atoms with Crippen LogP contribution < -0.4 is 10.6 Å². The van der Waals surface area contributed by atoms with Gasteiger partial charge in [0.1, 0.15) is 0 Å². The molecule has 0 spiro atoms. The lowest BCUT2D eigenvalue weighted by atomic mass is 10.1. The Morgan fingerprint density at radius 2 is 2.06 bits per heavy atom. The van der Waals surface area contributed by atoms with E-state index in [0.717, 1.165) is 19.6 Å². The van der Waals surface area contributed by atoms with E-state index in [2.05, 4.69) is 22.5 Å². The first kappa shape index (κ1) is 15.4. The highest BCUT2D eigenvalue weighted by atomic mass is 16.1. The maximum atomic E-state index is 11.4. The molecule has 1 rings (SSSR count). The molecule has 1 saturated heterocycles. The summed E-state index contributed by atoms with van der Waals surface area (Å²) in [6.07, 6.45) is 3.77. The smallest absolute Gasteiger partial charge is 0.222 e. The van der Waals surface area contributed by atoms with Gasteiger partial charge in [-0.3, -0.25) is 4.79 Å². The number of carbonyl (C=O) groups is 1. The Hall–Kier alpha value is -0.610. The van der Waals surface area contributed by atoms with Crippen LogP contribution in [0.3, 0.4) is 0 Å². The third-order valence-electron chi connectivity index (χ3n) is 3.65. The van der Waals surface area contributed by atoms with Crippen LogP contribution in [0.1, 0.15) is 40.0 Å². The molecule has 106 valence electrons. The van der Waals surface area contributed by atoms with Gasteiger partial charge >= 0.3 is 0 Å². The Bertz CT molecular complexity index is 243. The fourth-order valence-electron chi connectivity index (χ4n) is 2.34. The summed E-state index contributed by atoms with van der Waals surface area (Å²) in [5, 5.41) is 6.50. The predicted molar refractivity (Wildman–Crippen MR) is 75.6 cm³/mol. The zero-order chi connectivity index (χ0) is 13.4. The van der Waals surface area contributed by atoms with Gasteiger partial charge in [0.25, 0.3) is 0 Å². The molecule has 1 aliphatic rings. The maximum absolute atomic E-state index is 11.4. The minimum Gasteiger partial charge on any atom is -0.355 e. The minimum atomic E-state index is 0.0843. The largest absolute Gasteiger partial charge is 0.355 e.